The van der Waals surface area contributed by atoms with Gasteiger partial charge in [0.05, 0.1) is 15.9 Å². The Balaban J connectivity index is 1.48. The number of aliphatic hydroxyl groups is 1. The molecule has 0 aliphatic heterocycles. The summed E-state index contributed by atoms with van der Waals surface area (Å²) >= 11 is 0. The lowest BCUT2D eigenvalue weighted by molar-refractivity contribution is 0.114. The van der Waals surface area contributed by atoms with E-state index in [-0.39, 0.29) is 10.3 Å². The van der Waals surface area contributed by atoms with Gasteiger partial charge in [0.1, 0.15) is 18.2 Å². The predicted molar refractivity (Wildman–Crippen MR) is 146 cm³/mol. The quantitative estimate of drug-likeness (QED) is 0.318. The van der Waals surface area contributed by atoms with Gasteiger partial charge in [-0.25, -0.2) is 22.4 Å². The Kier molecular flexibility index (Phi) is 6.20. The summed E-state index contributed by atoms with van der Waals surface area (Å²) in [6, 6.07) is 21.2. The molecule has 0 saturated heterocycles. The highest BCUT2D eigenvalue weighted by molar-refractivity contribution is 7.90. The minimum absolute atomic E-state index is 0.232. The van der Waals surface area contributed by atoms with E-state index in [1.165, 1.54) is 10.3 Å². The van der Waals surface area contributed by atoms with Crippen molar-refractivity contribution in [1.29, 1.82) is 0 Å². The van der Waals surface area contributed by atoms with E-state index < -0.39 is 16.1 Å². The van der Waals surface area contributed by atoms with Crippen LogP contribution in [-0.2, 0) is 10.0 Å². The molecular weight excluding hydrogens is 484 g/mol. The molecule has 186 valence electrons. The fourth-order valence-corrected chi connectivity index (χ4v) is 5.22. The molecular formula is C29H26N4O3S. The topological polar surface area (TPSA) is 97.1 Å². The first-order valence-corrected chi connectivity index (χ1v) is 13.2. The SMILES string of the molecule is CC(C)(C)C(O)C#Cc1ccc2ncnc(Nc3ccc4c(ccn4S(=O)(=O)c4ccccc4)c3)c2c1. The van der Waals surface area contributed by atoms with Crippen LogP contribution in [-0.4, -0.2) is 33.6 Å². The summed E-state index contributed by atoms with van der Waals surface area (Å²) in [4.78, 5) is 9.00. The smallest absolute Gasteiger partial charge is 0.268 e. The number of nitrogens with zero attached hydrogens (tertiary/aromatic N) is 3. The third-order valence-corrected chi connectivity index (χ3v) is 7.73. The first kappa shape index (κ1) is 24.5. The van der Waals surface area contributed by atoms with E-state index in [1.54, 1.807) is 48.7 Å². The lowest BCUT2D eigenvalue weighted by Gasteiger charge is -2.20. The zero-order chi connectivity index (χ0) is 26.2. The van der Waals surface area contributed by atoms with Crippen molar-refractivity contribution in [3.63, 3.8) is 0 Å². The maximum atomic E-state index is 13.1. The average Bonchev–Trinajstić information content (AvgIpc) is 3.31. The van der Waals surface area contributed by atoms with Crippen LogP contribution >= 0.6 is 0 Å². The molecule has 3 aromatic carbocycles. The monoisotopic (exact) mass is 510 g/mol. The van der Waals surface area contributed by atoms with Gasteiger partial charge < -0.3 is 10.4 Å². The van der Waals surface area contributed by atoms with Crippen LogP contribution in [0.5, 0.6) is 0 Å². The average molecular weight is 511 g/mol. The number of aromatic nitrogens is 3. The number of aliphatic hydroxyl groups excluding tert-OH is 1. The number of hydrogen-bond donors (Lipinski definition) is 2. The molecule has 8 heteroatoms. The molecule has 1 unspecified atom stereocenters. The Hall–Kier alpha value is -4.19. The van der Waals surface area contributed by atoms with Crippen molar-refractivity contribution in [3.05, 3.63) is 90.9 Å². The van der Waals surface area contributed by atoms with Gasteiger partial charge in [-0.3, -0.25) is 0 Å². The highest BCUT2D eigenvalue weighted by atomic mass is 32.2. The van der Waals surface area contributed by atoms with E-state index in [0.717, 1.165) is 27.5 Å². The van der Waals surface area contributed by atoms with Crippen LogP contribution < -0.4 is 5.32 Å². The Labute approximate surface area is 215 Å². The van der Waals surface area contributed by atoms with Gasteiger partial charge in [0, 0.05) is 28.2 Å². The Bertz CT molecular complexity index is 1780. The molecule has 7 nitrogen and oxygen atoms in total. The van der Waals surface area contributed by atoms with Crippen molar-refractivity contribution in [3.8, 4) is 11.8 Å². The first-order valence-electron chi connectivity index (χ1n) is 11.8. The summed E-state index contributed by atoms with van der Waals surface area (Å²) in [6.45, 7) is 5.81. The van der Waals surface area contributed by atoms with Crippen molar-refractivity contribution in [2.45, 2.75) is 31.8 Å². The molecule has 2 heterocycles. The largest absolute Gasteiger partial charge is 0.380 e. The van der Waals surface area contributed by atoms with E-state index in [2.05, 4.69) is 27.1 Å². The third-order valence-electron chi connectivity index (χ3n) is 6.03. The summed E-state index contributed by atoms with van der Waals surface area (Å²) in [5, 5.41) is 15.1. The van der Waals surface area contributed by atoms with Crippen molar-refractivity contribution < 1.29 is 13.5 Å². The van der Waals surface area contributed by atoms with Crippen molar-refractivity contribution in [1.82, 2.24) is 13.9 Å². The van der Waals surface area contributed by atoms with Crippen molar-refractivity contribution in [2.24, 2.45) is 5.41 Å². The molecule has 5 aromatic rings. The van der Waals surface area contributed by atoms with Crippen LogP contribution in [0.3, 0.4) is 0 Å². The summed E-state index contributed by atoms with van der Waals surface area (Å²) < 4.78 is 27.5. The van der Waals surface area contributed by atoms with Crippen LogP contribution in [0.2, 0.25) is 0 Å². The van der Waals surface area contributed by atoms with E-state index in [4.69, 9.17) is 0 Å². The van der Waals surface area contributed by atoms with Gasteiger partial charge in [0.15, 0.2) is 0 Å². The van der Waals surface area contributed by atoms with E-state index >= 15 is 0 Å². The third kappa shape index (κ3) is 4.92. The second kappa shape index (κ2) is 9.36. The number of fused-ring (bicyclic) bond motifs is 2. The molecule has 0 saturated carbocycles. The molecule has 37 heavy (non-hydrogen) atoms. The molecule has 0 bridgehead atoms. The summed E-state index contributed by atoms with van der Waals surface area (Å²) in [7, 11) is -3.70. The van der Waals surface area contributed by atoms with Gasteiger partial charge in [0.2, 0.25) is 0 Å². The molecule has 0 amide bonds. The van der Waals surface area contributed by atoms with Crippen LogP contribution in [0.25, 0.3) is 21.8 Å². The van der Waals surface area contributed by atoms with Crippen LogP contribution in [0.4, 0.5) is 11.5 Å². The first-order chi connectivity index (χ1) is 17.6. The Morgan fingerprint density at radius 3 is 2.51 bits per heavy atom. The number of benzene rings is 3. The molecule has 2 N–H and O–H groups in total. The zero-order valence-electron chi connectivity index (χ0n) is 20.7. The molecule has 0 aliphatic carbocycles. The van der Waals surface area contributed by atoms with Gasteiger partial charge in [-0.05, 0) is 60.0 Å². The Morgan fingerprint density at radius 2 is 1.76 bits per heavy atom. The molecule has 2 aromatic heterocycles. The number of anilines is 2. The fourth-order valence-electron chi connectivity index (χ4n) is 3.85. The predicted octanol–water partition coefficient (Wildman–Crippen LogP) is 5.32. The van der Waals surface area contributed by atoms with Crippen LogP contribution in [0.1, 0.15) is 26.3 Å². The molecule has 0 radical (unpaired) electrons. The highest BCUT2D eigenvalue weighted by Crippen LogP contribution is 2.28. The van der Waals surface area contributed by atoms with E-state index in [9.17, 15) is 13.5 Å². The number of hydrogen-bond acceptors (Lipinski definition) is 6. The zero-order valence-corrected chi connectivity index (χ0v) is 21.5. The van der Waals surface area contributed by atoms with Gasteiger partial charge in [0.25, 0.3) is 10.0 Å². The van der Waals surface area contributed by atoms with Crippen LogP contribution in [0, 0.1) is 17.3 Å². The standard InChI is InChI=1S/C29H26N4O3S/c1-29(2,3)27(34)14-10-20-9-12-25-24(17-20)28(31-19-30-25)32-22-11-13-26-21(18-22)15-16-33(26)37(35,36)23-7-5-4-6-8-23/h4-9,11-13,15-19,27,34H,1-3H3,(H,30,31,32). The summed E-state index contributed by atoms with van der Waals surface area (Å²) in [5.41, 5.74) is 2.49. The normalized spacial score (nSPS) is 12.8. The second-order valence-corrected chi connectivity index (χ2v) is 11.6. The summed E-state index contributed by atoms with van der Waals surface area (Å²) in [5.74, 6) is 6.56. The second-order valence-electron chi connectivity index (χ2n) is 9.82. The van der Waals surface area contributed by atoms with Crippen LogP contribution in [0.15, 0.2) is 90.2 Å². The molecule has 5 rings (SSSR count). The van der Waals surface area contributed by atoms with E-state index in [1.807, 2.05) is 51.1 Å². The molecule has 1 atom stereocenters. The lowest BCUT2D eigenvalue weighted by Crippen LogP contribution is -2.23. The number of rotatable bonds is 4. The molecule has 0 spiro atoms. The van der Waals surface area contributed by atoms with E-state index in [0.29, 0.717) is 11.3 Å². The lowest BCUT2D eigenvalue weighted by atomic mass is 9.89. The van der Waals surface area contributed by atoms with Crippen molar-refractivity contribution in [2.75, 3.05) is 5.32 Å². The molecule has 0 fully saturated rings. The van der Waals surface area contributed by atoms with Gasteiger partial charge in [-0.1, -0.05) is 50.8 Å². The Morgan fingerprint density at radius 1 is 0.973 bits per heavy atom. The van der Waals surface area contributed by atoms with Crippen molar-refractivity contribution >= 4 is 43.3 Å². The summed E-state index contributed by atoms with van der Waals surface area (Å²) in [6.07, 6.45) is 2.30. The highest BCUT2D eigenvalue weighted by Gasteiger charge is 2.20. The maximum absolute atomic E-state index is 13.1. The van der Waals surface area contributed by atoms with Gasteiger partial charge in [-0.15, -0.1) is 0 Å². The molecule has 0 aliphatic rings. The number of nitrogens with one attached hydrogen (secondary N) is 1. The van der Waals surface area contributed by atoms with Gasteiger partial charge >= 0.3 is 0 Å². The van der Waals surface area contributed by atoms with Gasteiger partial charge in [-0.2, -0.15) is 0 Å². The maximum Gasteiger partial charge on any atom is 0.268 e. The fraction of sp³-hybridized carbons (Fsp3) is 0.172. The minimum Gasteiger partial charge on any atom is -0.380 e. The minimum atomic E-state index is -3.70.